The first-order valence-corrected chi connectivity index (χ1v) is 8.54. The minimum Gasteiger partial charge on any atom is -0.341 e. The van der Waals surface area contributed by atoms with Gasteiger partial charge < -0.3 is 9.80 Å². The van der Waals surface area contributed by atoms with Crippen molar-refractivity contribution in [2.24, 2.45) is 0 Å². The van der Waals surface area contributed by atoms with Crippen molar-refractivity contribution in [2.75, 3.05) is 26.2 Å². The number of benzene rings is 1. The molecule has 1 aliphatic heterocycles. The van der Waals surface area contributed by atoms with Crippen LogP contribution in [0.3, 0.4) is 0 Å². The van der Waals surface area contributed by atoms with E-state index in [0.717, 1.165) is 6.42 Å². The van der Waals surface area contributed by atoms with Gasteiger partial charge in [-0.2, -0.15) is 0 Å². The van der Waals surface area contributed by atoms with Gasteiger partial charge in [0, 0.05) is 46.1 Å². The number of nitrogens with zero attached hydrogens (tertiary/aromatic N) is 4. The predicted octanol–water partition coefficient (Wildman–Crippen LogP) is 0.867. The molecule has 132 valence electrons. The Morgan fingerprint density at radius 3 is 2.60 bits per heavy atom. The van der Waals surface area contributed by atoms with Crippen LogP contribution in [-0.2, 0) is 16.1 Å². The van der Waals surface area contributed by atoms with Gasteiger partial charge in [-0.25, -0.2) is 4.98 Å². The molecule has 1 aromatic heterocycles. The van der Waals surface area contributed by atoms with Crippen molar-refractivity contribution >= 4 is 22.7 Å². The second-order valence-electron chi connectivity index (χ2n) is 6.25. The normalized spacial score (nSPS) is 15.2. The van der Waals surface area contributed by atoms with E-state index >= 15 is 0 Å². The standard InChI is InChI=1S/C18H22N4O3/c1-14(23)20-8-4-9-21(12-11-20)17(24)7-10-22-13-19-16-6-3-2-5-15(16)18(22)25/h2-3,5-6,13H,4,7-12H2,1H3. The molecule has 0 saturated carbocycles. The van der Waals surface area contributed by atoms with Crippen LogP contribution in [0.5, 0.6) is 0 Å². The van der Waals surface area contributed by atoms with Crippen LogP contribution in [0.2, 0.25) is 0 Å². The fraction of sp³-hybridized carbons (Fsp3) is 0.444. The van der Waals surface area contributed by atoms with Crippen LogP contribution in [0, 0.1) is 0 Å². The van der Waals surface area contributed by atoms with Crippen molar-refractivity contribution < 1.29 is 9.59 Å². The summed E-state index contributed by atoms with van der Waals surface area (Å²) >= 11 is 0. The highest BCUT2D eigenvalue weighted by Gasteiger charge is 2.20. The lowest BCUT2D eigenvalue weighted by Gasteiger charge is -2.21. The molecule has 0 unspecified atom stereocenters. The monoisotopic (exact) mass is 342 g/mol. The molecule has 0 aliphatic carbocycles. The van der Waals surface area contributed by atoms with Gasteiger partial charge in [-0.1, -0.05) is 12.1 Å². The second kappa shape index (κ2) is 7.46. The van der Waals surface area contributed by atoms with Gasteiger partial charge in [-0.05, 0) is 18.6 Å². The van der Waals surface area contributed by atoms with E-state index in [2.05, 4.69) is 4.98 Å². The molecule has 2 aromatic rings. The first kappa shape index (κ1) is 17.1. The number of aryl methyl sites for hydroxylation is 1. The second-order valence-corrected chi connectivity index (χ2v) is 6.25. The average Bonchev–Trinajstić information content (AvgIpc) is 2.87. The summed E-state index contributed by atoms with van der Waals surface area (Å²) in [5.74, 6) is 0.0496. The van der Waals surface area contributed by atoms with E-state index < -0.39 is 0 Å². The lowest BCUT2D eigenvalue weighted by molar-refractivity contribution is -0.132. The van der Waals surface area contributed by atoms with Crippen molar-refractivity contribution in [3.05, 3.63) is 40.9 Å². The third-order valence-electron chi connectivity index (χ3n) is 4.59. The van der Waals surface area contributed by atoms with Crippen molar-refractivity contribution in [1.29, 1.82) is 0 Å². The lowest BCUT2D eigenvalue weighted by atomic mass is 10.2. The molecule has 2 heterocycles. The van der Waals surface area contributed by atoms with E-state index in [1.54, 1.807) is 34.9 Å². The van der Waals surface area contributed by atoms with E-state index in [1.807, 2.05) is 6.07 Å². The fourth-order valence-corrected chi connectivity index (χ4v) is 3.12. The Labute approximate surface area is 145 Å². The van der Waals surface area contributed by atoms with Crippen LogP contribution in [0.4, 0.5) is 0 Å². The first-order chi connectivity index (χ1) is 12.1. The summed E-state index contributed by atoms with van der Waals surface area (Å²) in [5, 5.41) is 0.560. The van der Waals surface area contributed by atoms with Crippen LogP contribution in [0.15, 0.2) is 35.4 Å². The zero-order valence-electron chi connectivity index (χ0n) is 14.4. The molecule has 1 saturated heterocycles. The van der Waals surface area contributed by atoms with E-state index in [9.17, 15) is 14.4 Å². The molecule has 1 aliphatic rings. The van der Waals surface area contributed by atoms with E-state index in [-0.39, 0.29) is 23.8 Å². The highest BCUT2D eigenvalue weighted by atomic mass is 16.2. The number of fused-ring (bicyclic) bond motifs is 1. The highest BCUT2D eigenvalue weighted by molar-refractivity contribution is 5.78. The first-order valence-electron chi connectivity index (χ1n) is 8.54. The van der Waals surface area contributed by atoms with Crippen LogP contribution in [-0.4, -0.2) is 57.3 Å². The molecule has 0 atom stereocenters. The minimum atomic E-state index is -0.128. The summed E-state index contributed by atoms with van der Waals surface area (Å²) in [4.78, 5) is 44.2. The van der Waals surface area contributed by atoms with E-state index in [1.165, 1.54) is 10.9 Å². The Morgan fingerprint density at radius 2 is 1.80 bits per heavy atom. The van der Waals surface area contributed by atoms with Crippen LogP contribution in [0.1, 0.15) is 19.8 Å². The van der Waals surface area contributed by atoms with Gasteiger partial charge in [-0.15, -0.1) is 0 Å². The fourth-order valence-electron chi connectivity index (χ4n) is 3.12. The van der Waals surface area contributed by atoms with Crippen molar-refractivity contribution in [3.63, 3.8) is 0 Å². The minimum absolute atomic E-state index is 0.00506. The molecule has 7 heteroatoms. The summed E-state index contributed by atoms with van der Waals surface area (Å²) in [5.41, 5.74) is 0.531. The zero-order valence-corrected chi connectivity index (χ0v) is 14.4. The van der Waals surface area contributed by atoms with Crippen molar-refractivity contribution in [1.82, 2.24) is 19.4 Å². The molecule has 7 nitrogen and oxygen atoms in total. The molecule has 0 radical (unpaired) electrons. The molecular formula is C18H22N4O3. The lowest BCUT2D eigenvalue weighted by Crippen LogP contribution is -2.37. The number of carbonyl (C=O) groups is 2. The Kier molecular flexibility index (Phi) is 5.11. The quantitative estimate of drug-likeness (QED) is 0.829. The Morgan fingerprint density at radius 1 is 1.08 bits per heavy atom. The molecular weight excluding hydrogens is 320 g/mol. The summed E-state index contributed by atoms with van der Waals surface area (Å²) in [7, 11) is 0. The van der Waals surface area contributed by atoms with Gasteiger partial charge in [0.2, 0.25) is 11.8 Å². The van der Waals surface area contributed by atoms with Crippen LogP contribution < -0.4 is 5.56 Å². The van der Waals surface area contributed by atoms with Crippen molar-refractivity contribution in [3.8, 4) is 0 Å². The average molecular weight is 342 g/mol. The van der Waals surface area contributed by atoms with Gasteiger partial charge in [0.1, 0.15) is 0 Å². The van der Waals surface area contributed by atoms with Gasteiger partial charge in [0.05, 0.1) is 17.2 Å². The molecule has 0 N–H and O–H groups in total. The third-order valence-corrected chi connectivity index (χ3v) is 4.59. The Bertz CT molecular complexity index is 846. The Balaban J connectivity index is 1.63. The molecule has 1 fully saturated rings. The topological polar surface area (TPSA) is 75.5 Å². The molecule has 3 rings (SSSR count). The molecule has 1 aromatic carbocycles. The number of hydrogen-bond donors (Lipinski definition) is 0. The molecule has 0 spiro atoms. The maximum absolute atomic E-state index is 12.5. The van der Waals surface area contributed by atoms with Crippen LogP contribution >= 0.6 is 0 Å². The summed E-state index contributed by atoms with van der Waals surface area (Å²) in [6.45, 7) is 4.31. The van der Waals surface area contributed by atoms with E-state index in [0.29, 0.717) is 43.6 Å². The predicted molar refractivity (Wildman–Crippen MR) is 94.1 cm³/mol. The van der Waals surface area contributed by atoms with Gasteiger partial charge >= 0.3 is 0 Å². The number of para-hydroxylation sites is 1. The third kappa shape index (κ3) is 3.87. The summed E-state index contributed by atoms with van der Waals surface area (Å²) in [6.07, 6.45) is 2.53. The zero-order chi connectivity index (χ0) is 17.8. The number of carbonyl (C=O) groups excluding carboxylic acids is 2. The molecule has 25 heavy (non-hydrogen) atoms. The smallest absolute Gasteiger partial charge is 0.261 e. The van der Waals surface area contributed by atoms with E-state index in [4.69, 9.17) is 0 Å². The van der Waals surface area contributed by atoms with Gasteiger partial charge in [0.15, 0.2) is 0 Å². The Hall–Kier alpha value is -2.70. The number of hydrogen-bond acceptors (Lipinski definition) is 4. The maximum Gasteiger partial charge on any atom is 0.261 e. The summed E-state index contributed by atoms with van der Waals surface area (Å²) < 4.78 is 1.49. The molecule has 0 bridgehead atoms. The number of rotatable bonds is 3. The largest absolute Gasteiger partial charge is 0.341 e. The van der Waals surface area contributed by atoms with Crippen molar-refractivity contribution in [2.45, 2.75) is 26.3 Å². The number of amides is 2. The molecule has 2 amide bonds. The SMILES string of the molecule is CC(=O)N1CCCN(C(=O)CCn2cnc3ccccc3c2=O)CC1. The van der Waals surface area contributed by atoms with Gasteiger partial charge in [0.25, 0.3) is 5.56 Å². The summed E-state index contributed by atoms with van der Waals surface area (Å²) in [6, 6.07) is 7.18. The van der Waals surface area contributed by atoms with Gasteiger partial charge in [-0.3, -0.25) is 19.0 Å². The maximum atomic E-state index is 12.5. The number of aromatic nitrogens is 2. The van der Waals surface area contributed by atoms with Crippen LogP contribution in [0.25, 0.3) is 10.9 Å². The highest BCUT2D eigenvalue weighted by Crippen LogP contribution is 2.07.